The van der Waals surface area contributed by atoms with E-state index in [-0.39, 0.29) is 22.4 Å². The fourth-order valence-electron chi connectivity index (χ4n) is 2.57. The standard InChI is InChI=1S/C18H22N2O5S/c1-13-5-7-15(8-6-13)11-14(2)19(3)26(23,24)18-12-16(20(21)22)9-10-17(18)25-4/h5-10,12,14H,11H2,1-4H3. The monoisotopic (exact) mass is 378 g/mol. The Morgan fingerprint density at radius 3 is 2.35 bits per heavy atom. The van der Waals surface area contributed by atoms with E-state index in [0.717, 1.165) is 17.2 Å². The van der Waals surface area contributed by atoms with Gasteiger partial charge < -0.3 is 4.74 Å². The van der Waals surface area contributed by atoms with E-state index in [1.807, 2.05) is 31.2 Å². The fraction of sp³-hybridized carbons (Fsp3) is 0.333. The largest absolute Gasteiger partial charge is 0.495 e. The molecular weight excluding hydrogens is 356 g/mol. The van der Waals surface area contributed by atoms with E-state index in [0.29, 0.717) is 6.42 Å². The highest BCUT2D eigenvalue weighted by Crippen LogP contribution is 2.31. The quantitative estimate of drug-likeness (QED) is 0.545. The normalized spacial score (nSPS) is 12.8. The van der Waals surface area contributed by atoms with E-state index in [1.54, 1.807) is 6.92 Å². The molecule has 0 aliphatic carbocycles. The first-order valence-electron chi connectivity index (χ1n) is 8.03. The van der Waals surface area contributed by atoms with Crippen LogP contribution in [-0.4, -0.2) is 37.8 Å². The maximum absolute atomic E-state index is 13.0. The van der Waals surface area contributed by atoms with Gasteiger partial charge in [-0.1, -0.05) is 29.8 Å². The third kappa shape index (κ3) is 4.20. The summed E-state index contributed by atoms with van der Waals surface area (Å²) in [5.74, 6) is 0.0741. The number of hydrogen-bond donors (Lipinski definition) is 0. The molecule has 0 amide bonds. The Morgan fingerprint density at radius 1 is 1.19 bits per heavy atom. The number of nitro groups is 1. The summed E-state index contributed by atoms with van der Waals surface area (Å²) >= 11 is 0. The predicted octanol–water partition coefficient (Wildman–Crippen LogP) is 3.16. The fourth-order valence-corrected chi connectivity index (χ4v) is 4.10. The lowest BCUT2D eigenvalue weighted by atomic mass is 10.1. The molecule has 0 saturated carbocycles. The highest BCUT2D eigenvalue weighted by Gasteiger charge is 2.30. The summed E-state index contributed by atoms with van der Waals surface area (Å²) in [4.78, 5) is 10.2. The van der Waals surface area contributed by atoms with E-state index in [9.17, 15) is 18.5 Å². The van der Waals surface area contributed by atoms with Crippen LogP contribution in [0.25, 0.3) is 0 Å². The lowest BCUT2D eigenvalue weighted by molar-refractivity contribution is -0.385. The zero-order valence-electron chi connectivity index (χ0n) is 15.2. The summed E-state index contributed by atoms with van der Waals surface area (Å²) in [6, 6.07) is 11.1. The highest BCUT2D eigenvalue weighted by atomic mass is 32.2. The first kappa shape index (κ1) is 19.9. The average Bonchev–Trinajstić information content (AvgIpc) is 2.62. The number of hydrogen-bond acceptors (Lipinski definition) is 5. The van der Waals surface area contributed by atoms with E-state index in [2.05, 4.69) is 0 Å². The van der Waals surface area contributed by atoms with Crippen LogP contribution in [0.5, 0.6) is 5.75 Å². The van der Waals surface area contributed by atoms with Crippen molar-refractivity contribution in [2.45, 2.75) is 31.2 Å². The number of nitrogens with zero attached hydrogens (tertiary/aromatic N) is 2. The molecular formula is C18H22N2O5S. The van der Waals surface area contributed by atoms with Gasteiger partial charge in [0.05, 0.1) is 12.0 Å². The summed E-state index contributed by atoms with van der Waals surface area (Å²) in [5.41, 5.74) is 1.84. The van der Waals surface area contributed by atoms with Crippen molar-refractivity contribution in [3.63, 3.8) is 0 Å². The van der Waals surface area contributed by atoms with Crippen LogP contribution in [0, 0.1) is 17.0 Å². The highest BCUT2D eigenvalue weighted by molar-refractivity contribution is 7.89. The molecule has 1 unspecified atom stereocenters. The summed E-state index contributed by atoms with van der Waals surface area (Å²) in [6.45, 7) is 3.78. The first-order valence-corrected chi connectivity index (χ1v) is 9.47. The first-order chi connectivity index (χ1) is 12.2. The zero-order valence-corrected chi connectivity index (χ0v) is 16.0. The van der Waals surface area contributed by atoms with Gasteiger partial charge in [0, 0.05) is 25.2 Å². The Hall–Kier alpha value is -2.45. The van der Waals surface area contributed by atoms with Crippen LogP contribution in [0.1, 0.15) is 18.1 Å². The van der Waals surface area contributed by atoms with Gasteiger partial charge in [-0.25, -0.2) is 8.42 Å². The molecule has 0 heterocycles. The molecule has 0 N–H and O–H groups in total. The summed E-state index contributed by atoms with van der Waals surface area (Å²) in [5, 5.41) is 11.0. The van der Waals surface area contributed by atoms with Gasteiger partial charge in [0.1, 0.15) is 10.6 Å². The van der Waals surface area contributed by atoms with Gasteiger partial charge in [-0.05, 0) is 31.9 Å². The SMILES string of the molecule is COc1ccc([N+](=O)[O-])cc1S(=O)(=O)N(C)C(C)Cc1ccc(C)cc1. The Morgan fingerprint density at radius 2 is 1.81 bits per heavy atom. The number of rotatable bonds is 7. The number of sulfonamides is 1. The van der Waals surface area contributed by atoms with Crippen molar-refractivity contribution in [2.24, 2.45) is 0 Å². The number of benzene rings is 2. The number of aryl methyl sites for hydroxylation is 1. The molecule has 8 heteroatoms. The van der Waals surface area contributed by atoms with Gasteiger partial charge in [-0.15, -0.1) is 0 Å². The molecule has 2 aromatic carbocycles. The summed E-state index contributed by atoms with van der Waals surface area (Å²) in [7, 11) is -1.17. The maximum atomic E-state index is 13.0. The molecule has 140 valence electrons. The molecule has 2 rings (SSSR count). The molecule has 0 fully saturated rings. The smallest absolute Gasteiger partial charge is 0.271 e. The molecule has 2 aromatic rings. The van der Waals surface area contributed by atoms with Crippen molar-refractivity contribution >= 4 is 15.7 Å². The molecule has 0 saturated heterocycles. The minimum atomic E-state index is -3.96. The number of non-ortho nitro benzene ring substituents is 1. The molecule has 0 aromatic heterocycles. The van der Waals surface area contributed by atoms with Crippen LogP contribution < -0.4 is 4.74 Å². The number of ether oxygens (including phenoxy) is 1. The van der Waals surface area contributed by atoms with Crippen LogP contribution in [0.15, 0.2) is 47.4 Å². The molecule has 1 atom stereocenters. The van der Waals surface area contributed by atoms with E-state index in [1.165, 1.54) is 30.6 Å². The van der Waals surface area contributed by atoms with Gasteiger partial charge in [0.25, 0.3) is 5.69 Å². The van der Waals surface area contributed by atoms with Crippen molar-refractivity contribution < 1.29 is 18.1 Å². The zero-order chi connectivity index (χ0) is 19.5. The molecule has 0 aliphatic heterocycles. The summed E-state index contributed by atoms with van der Waals surface area (Å²) < 4.78 is 32.3. The lowest BCUT2D eigenvalue weighted by Gasteiger charge is -2.25. The Bertz CT molecular complexity index is 894. The number of likely N-dealkylation sites (N-methyl/N-ethyl adjacent to an activating group) is 1. The van der Waals surface area contributed by atoms with E-state index >= 15 is 0 Å². The van der Waals surface area contributed by atoms with Crippen LogP contribution in [0.4, 0.5) is 5.69 Å². The maximum Gasteiger partial charge on any atom is 0.271 e. The van der Waals surface area contributed by atoms with Crippen molar-refractivity contribution in [2.75, 3.05) is 14.2 Å². The minimum Gasteiger partial charge on any atom is -0.495 e. The lowest BCUT2D eigenvalue weighted by Crippen LogP contribution is -2.36. The Labute approximate surface area is 153 Å². The van der Waals surface area contributed by atoms with Crippen molar-refractivity contribution in [3.8, 4) is 5.75 Å². The molecule has 0 bridgehead atoms. The molecule has 7 nitrogen and oxygen atoms in total. The third-order valence-corrected chi connectivity index (χ3v) is 6.28. The van der Waals surface area contributed by atoms with Crippen LogP contribution >= 0.6 is 0 Å². The Kier molecular flexibility index (Phi) is 5.99. The molecule has 0 radical (unpaired) electrons. The topological polar surface area (TPSA) is 89.7 Å². The van der Waals surface area contributed by atoms with Crippen molar-refractivity contribution in [1.29, 1.82) is 0 Å². The third-order valence-electron chi connectivity index (χ3n) is 4.29. The second kappa shape index (κ2) is 7.84. The van der Waals surface area contributed by atoms with Gasteiger partial charge >= 0.3 is 0 Å². The number of nitro benzene ring substituents is 1. The average molecular weight is 378 g/mol. The number of methoxy groups -OCH3 is 1. The molecule has 26 heavy (non-hydrogen) atoms. The summed E-state index contributed by atoms with van der Waals surface area (Å²) in [6.07, 6.45) is 0.521. The van der Waals surface area contributed by atoms with E-state index < -0.39 is 14.9 Å². The van der Waals surface area contributed by atoms with Gasteiger partial charge in [-0.3, -0.25) is 10.1 Å². The molecule has 0 spiro atoms. The van der Waals surface area contributed by atoms with Crippen LogP contribution in [0.3, 0.4) is 0 Å². The second-order valence-corrected chi connectivity index (χ2v) is 8.12. The van der Waals surface area contributed by atoms with Gasteiger partial charge in [0.15, 0.2) is 0 Å². The predicted molar refractivity (Wildman–Crippen MR) is 98.9 cm³/mol. The van der Waals surface area contributed by atoms with Crippen LogP contribution in [-0.2, 0) is 16.4 Å². The molecule has 0 aliphatic rings. The van der Waals surface area contributed by atoms with Crippen molar-refractivity contribution in [1.82, 2.24) is 4.31 Å². The Balaban J connectivity index is 2.34. The van der Waals surface area contributed by atoms with E-state index in [4.69, 9.17) is 4.74 Å². The van der Waals surface area contributed by atoms with Gasteiger partial charge in [0.2, 0.25) is 10.0 Å². The second-order valence-electron chi connectivity index (χ2n) is 6.15. The van der Waals surface area contributed by atoms with Crippen LogP contribution in [0.2, 0.25) is 0 Å². The minimum absolute atomic E-state index is 0.0741. The van der Waals surface area contributed by atoms with Gasteiger partial charge in [-0.2, -0.15) is 4.31 Å². The van der Waals surface area contributed by atoms with Crippen molar-refractivity contribution in [3.05, 3.63) is 63.7 Å².